The Kier molecular flexibility index (Phi) is 5.36. The van der Waals surface area contributed by atoms with Crippen molar-refractivity contribution in [2.75, 3.05) is 34.4 Å². The third-order valence-electron chi connectivity index (χ3n) is 2.97. The Labute approximate surface area is 128 Å². The van der Waals surface area contributed by atoms with E-state index >= 15 is 0 Å². The zero-order valence-electron chi connectivity index (χ0n) is 12.5. The van der Waals surface area contributed by atoms with E-state index in [1.165, 1.54) is 18.4 Å². The van der Waals surface area contributed by atoms with Crippen LogP contribution in [0.2, 0.25) is 0 Å². The van der Waals surface area contributed by atoms with Gasteiger partial charge in [-0.25, -0.2) is 4.79 Å². The van der Waals surface area contributed by atoms with Crippen molar-refractivity contribution in [3.05, 3.63) is 41.3 Å². The highest BCUT2D eigenvalue weighted by atomic mass is 32.1. The fourth-order valence-corrected chi connectivity index (χ4v) is 2.76. The molecule has 0 spiro atoms. The van der Waals surface area contributed by atoms with Crippen molar-refractivity contribution in [2.24, 2.45) is 0 Å². The molecule has 1 aromatic carbocycles. The molecule has 0 radical (unpaired) electrons. The van der Waals surface area contributed by atoms with Crippen molar-refractivity contribution in [1.82, 2.24) is 4.90 Å². The Balaban J connectivity index is 2.18. The number of likely N-dealkylation sites (N-methyl/N-ethyl adjacent to an activating group) is 1. The van der Waals surface area contributed by atoms with Gasteiger partial charge in [0.15, 0.2) is 0 Å². The summed E-state index contributed by atoms with van der Waals surface area (Å²) in [5, 5.41) is 1.89. The number of methoxy groups -OCH3 is 1. The first kappa shape index (κ1) is 15.5. The van der Waals surface area contributed by atoms with Crippen LogP contribution >= 0.6 is 11.3 Å². The number of esters is 1. The van der Waals surface area contributed by atoms with Crippen LogP contribution in [0.25, 0.3) is 10.4 Å². The minimum atomic E-state index is -0.315. The van der Waals surface area contributed by atoms with Gasteiger partial charge in [0.25, 0.3) is 0 Å². The van der Waals surface area contributed by atoms with E-state index in [4.69, 9.17) is 9.47 Å². The topological polar surface area (TPSA) is 38.8 Å². The van der Waals surface area contributed by atoms with E-state index in [1.807, 2.05) is 43.7 Å². The first-order valence-electron chi connectivity index (χ1n) is 6.65. The number of hydrogen-bond donors (Lipinski definition) is 0. The molecule has 1 aromatic heterocycles. The number of nitrogens with zero attached hydrogens (tertiary/aromatic N) is 1. The smallest absolute Gasteiger partial charge is 0.339 e. The number of thiophene rings is 1. The second-order valence-corrected chi connectivity index (χ2v) is 5.75. The Morgan fingerprint density at radius 1 is 1.29 bits per heavy atom. The Hall–Kier alpha value is -1.85. The maximum absolute atomic E-state index is 11.7. The van der Waals surface area contributed by atoms with E-state index in [1.54, 1.807) is 6.07 Å². The van der Waals surface area contributed by atoms with Gasteiger partial charge in [0.2, 0.25) is 0 Å². The van der Waals surface area contributed by atoms with Crippen LogP contribution in [0, 0.1) is 0 Å². The molecule has 0 unspecified atom stereocenters. The van der Waals surface area contributed by atoms with Gasteiger partial charge in [-0.05, 0) is 43.2 Å². The van der Waals surface area contributed by atoms with Crippen LogP contribution < -0.4 is 4.74 Å². The number of hydrogen-bond acceptors (Lipinski definition) is 5. The maximum Gasteiger partial charge on any atom is 0.339 e. The summed E-state index contributed by atoms with van der Waals surface area (Å²) in [6.45, 7) is 1.49. The van der Waals surface area contributed by atoms with Gasteiger partial charge in [0.1, 0.15) is 12.4 Å². The molecule has 5 heteroatoms. The monoisotopic (exact) mass is 305 g/mol. The van der Waals surface area contributed by atoms with E-state index in [0.717, 1.165) is 22.7 Å². The molecule has 0 aliphatic carbocycles. The molecule has 0 saturated heterocycles. The number of benzene rings is 1. The van der Waals surface area contributed by atoms with Crippen LogP contribution in [0.1, 0.15) is 10.4 Å². The average molecular weight is 305 g/mol. The van der Waals surface area contributed by atoms with Crippen LogP contribution in [-0.4, -0.2) is 45.2 Å². The predicted molar refractivity (Wildman–Crippen MR) is 85.1 cm³/mol. The van der Waals surface area contributed by atoms with E-state index < -0.39 is 0 Å². The molecule has 0 amide bonds. The zero-order chi connectivity index (χ0) is 15.2. The summed E-state index contributed by atoms with van der Waals surface area (Å²) in [5.41, 5.74) is 1.56. The molecule has 0 fully saturated rings. The van der Waals surface area contributed by atoms with Gasteiger partial charge in [-0.3, -0.25) is 0 Å². The number of carbonyl (C=O) groups is 1. The quantitative estimate of drug-likeness (QED) is 0.769. The molecule has 2 aromatic rings. The highest BCUT2D eigenvalue weighted by Gasteiger charge is 2.15. The normalized spacial score (nSPS) is 10.7. The lowest BCUT2D eigenvalue weighted by atomic mass is 10.1. The summed E-state index contributed by atoms with van der Waals surface area (Å²) < 4.78 is 10.5. The highest BCUT2D eigenvalue weighted by molar-refractivity contribution is 7.14. The van der Waals surface area contributed by atoms with E-state index in [9.17, 15) is 4.79 Å². The summed E-state index contributed by atoms with van der Waals surface area (Å²) in [6.07, 6.45) is 0. The van der Waals surface area contributed by atoms with Crippen molar-refractivity contribution in [3.63, 3.8) is 0 Å². The van der Waals surface area contributed by atoms with Crippen LogP contribution in [0.3, 0.4) is 0 Å². The van der Waals surface area contributed by atoms with Crippen molar-refractivity contribution in [1.29, 1.82) is 0 Å². The largest absolute Gasteiger partial charge is 0.492 e. The lowest BCUT2D eigenvalue weighted by Crippen LogP contribution is -2.19. The average Bonchev–Trinajstić information content (AvgIpc) is 2.96. The molecule has 0 saturated carbocycles. The number of rotatable bonds is 6. The van der Waals surface area contributed by atoms with Crippen LogP contribution in [0.4, 0.5) is 0 Å². The fourth-order valence-electron chi connectivity index (χ4n) is 1.88. The third-order valence-corrected chi connectivity index (χ3v) is 3.94. The van der Waals surface area contributed by atoms with Crippen molar-refractivity contribution >= 4 is 17.3 Å². The van der Waals surface area contributed by atoms with Crippen LogP contribution in [0.15, 0.2) is 35.7 Å². The molecule has 2 rings (SSSR count). The molecule has 0 bridgehead atoms. The molecular weight excluding hydrogens is 286 g/mol. The standard InChI is InChI=1S/C16H19NO3S/c1-17(2)8-9-20-13-6-4-5-12(11-13)15-14(7-10-21-15)16(18)19-3/h4-7,10-11H,8-9H2,1-3H3. The van der Waals surface area contributed by atoms with Crippen molar-refractivity contribution in [2.45, 2.75) is 0 Å². The number of ether oxygens (including phenoxy) is 2. The minimum absolute atomic E-state index is 0.315. The van der Waals surface area contributed by atoms with Gasteiger partial charge in [-0.15, -0.1) is 11.3 Å². The Morgan fingerprint density at radius 2 is 2.10 bits per heavy atom. The van der Waals surface area contributed by atoms with Gasteiger partial charge in [0.05, 0.1) is 12.7 Å². The summed E-state index contributed by atoms with van der Waals surface area (Å²) in [7, 11) is 5.41. The summed E-state index contributed by atoms with van der Waals surface area (Å²) >= 11 is 1.52. The zero-order valence-corrected chi connectivity index (χ0v) is 13.3. The molecule has 4 nitrogen and oxygen atoms in total. The van der Waals surface area contributed by atoms with Crippen LogP contribution in [-0.2, 0) is 4.74 Å². The van der Waals surface area contributed by atoms with Gasteiger partial charge >= 0.3 is 5.97 Å². The maximum atomic E-state index is 11.7. The molecule has 0 atom stereocenters. The van der Waals surface area contributed by atoms with Gasteiger partial charge in [-0.2, -0.15) is 0 Å². The molecule has 0 N–H and O–H groups in total. The predicted octanol–water partition coefficient (Wildman–Crippen LogP) is 3.14. The Bertz CT molecular complexity index is 607. The second-order valence-electron chi connectivity index (χ2n) is 4.83. The summed E-state index contributed by atoms with van der Waals surface area (Å²) in [4.78, 5) is 14.7. The summed E-state index contributed by atoms with van der Waals surface area (Å²) in [6, 6.07) is 9.56. The van der Waals surface area contributed by atoms with E-state index in [-0.39, 0.29) is 5.97 Å². The first-order valence-corrected chi connectivity index (χ1v) is 7.53. The second kappa shape index (κ2) is 7.24. The lowest BCUT2D eigenvalue weighted by Gasteiger charge is -2.11. The molecular formula is C16H19NO3S. The molecule has 0 aliphatic rings. The molecule has 1 heterocycles. The van der Waals surface area contributed by atoms with Crippen LogP contribution in [0.5, 0.6) is 5.75 Å². The minimum Gasteiger partial charge on any atom is -0.492 e. The Morgan fingerprint density at radius 3 is 2.81 bits per heavy atom. The SMILES string of the molecule is COC(=O)c1ccsc1-c1cccc(OCCN(C)C)c1. The number of carbonyl (C=O) groups excluding carboxylic acids is 1. The highest BCUT2D eigenvalue weighted by Crippen LogP contribution is 2.32. The van der Waals surface area contributed by atoms with Crippen molar-refractivity contribution < 1.29 is 14.3 Å². The molecule has 21 heavy (non-hydrogen) atoms. The molecule has 112 valence electrons. The van der Waals surface area contributed by atoms with Gasteiger partial charge in [-0.1, -0.05) is 12.1 Å². The lowest BCUT2D eigenvalue weighted by molar-refractivity contribution is 0.0602. The third kappa shape index (κ3) is 4.06. The molecule has 0 aliphatic heterocycles. The van der Waals surface area contributed by atoms with Gasteiger partial charge < -0.3 is 14.4 Å². The first-order chi connectivity index (χ1) is 10.1. The summed E-state index contributed by atoms with van der Waals surface area (Å²) in [5.74, 6) is 0.490. The van der Waals surface area contributed by atoms with Crippen molar-refractivity contribution in [3.8, 4) is 16.2 Å². The fraction of sp³-hybridized carbons (Fsp3) is 0.312. The van der Waals surface area contributed by atoms with E-state index in [0.29, 0.717) is 12.2 Å². The van der Waals surface area contributed by atoms with Gasteiger partial charge in [0, 0.05) is 11.4 Å². The van der Waals surface area contributed by atoms with E-state index in [2.05, 4.69) is 4.90 Å².